The third-order valence-corrected chi connectivity index (χ3v) is 6.39. The number of halogens is 1. The quantitative estimate of drug-likeness (QED) is 0.251. The van der Waals surface area contributed by atoms with Crippen molar-refractivity contribution in [3.05, 3.63) is 0 Å². The number of methoxy groups -OCH3 is 1. The first kappa shape index (κ1) is 22.4. The van der Waals surface area contributed by atoms with E-state index in [1.54, 1.807) is 7.11 Å². The molecule has 0 radical (unpaired) electrons. The SMILES string of the molecule is CCCCC(C)CC(I)C(C)CC(=O)CCC(CC)COC. The van der Waals surface area contributed by atoms with Crippen LogP contribution >= 0.6 is 22.6 Å². The van der Waals surface area contributed by atoms with Crippen LogP contribution in [0.25, 0.3) is 0 Å². The van der Waals surface area contributed by atoms with Crippen LogP contribution in [0.15, 0.2) is 0 Å². The van der Waals surface area contributed by atoms with Crippen molar-refractivity contribution < 1.29 is 9.53 Å². The lowest BCUT2D eigenvalue weighted by molar-refractivity contribution is -0.120. The summed E-state index contributed by atoms with van der Waals surface area (Å²) in [6.07, 6.45) is 8.73. The second-order valence-electron chi connectivity index (χ2n) is 6.99. The van der Waals surface area contributed by atoms with E-state index in [0.29, 0.717) is 21.5 Å². The third-order valence-electron chi connectivity index (χ3n) is 4.66. The van der Waals surface area contributed by atoms with Crippen molar-refractivity contribution in [2.24, 2.45) is 17.8 Å². The molecule has 132 valence electrons. The summed E-state index contributed by atoms with van der Waals surface area (Å²) >= 11 is 2.56. The average Bonchev–Trinajstić information content (AvgIpc) is 2.49. The molecular formula is C19H37IO2. The van der Waals surface area contributed by atoms with Crippen molar-refractivity contribution in [2.45, 2.75) is 83.0 Å². The molecule has 0 spiro atoms. The lowest BCUT2D eigenvalue weighted by Crippen LogP contribution is -2.19. The van der Waals surface area contributed by atoms with E-state index in [0.717, 1.165) is 38.2 Å². The van der Waals surface area contributed by atoms with E-state index in [1.807, 2.05) is 0 Å². The molecule has 0 aromatic carbocycles. The van der Waals surface area contributed by atoms with Gasteiger partial charge < -0.3 is 4.74 Å². The molecule has 0 aromatic rings. The van der Waals surface area contributed by atoms with Crippen LogP contribution in [0, 0.1) is 17.8 Å². The second-order valence-corrected chi connectivity index (χ2v) is 8.59. The zero-order valence-corrected chi connectivity index (χ0v) is 17.5. The van der Waals surface area contributed by atoms with Crippen LogP contribution in [0.4, 0.5) is 0 Å². The largest absolute Gasteiger partial charge is 0.384 e. The highest BCUT2D eigenvalue weighted by molar-refractivity contribution is 14.1. The molecule has 0 N–H and O–H groups in total. The Bertz CT molecular complexity index is 281. The number of alkyl halides is 1. The molecule has 0 bridgehead atoms. The van der Waals surface area contributed by atoms with E-state index in [4.69, 9.17) is 4.74 Å². The number of rotatable bonds is 14. The predicted molar refractivity (Wildman–Crippen MR) is 105 cm³/mol. The summed E-state index contributed by atoms with van der Waals surface area (Å²) in [5, 5.41) is 0. The minimum Gasteiger partial charge on any atom is -0.384 e. The number of carbonyl (C=O) groups is 1. The van der Waals surface area contributed by atoms with Crippen molar-refractivity contribution in [3.8, 4) is 0 Å². The molecule has 0 fully saturated rings. The Kier molecular flexibility index (Phi) is 14.0. The van der Waals surface area contributed by atoms with E-state index in [9.17, 15) is 4.79 Å². The predicted octanol–water partition coefficient (Wildman–Crippen LogP) is 6.05. The zero-order chi connectivity index (χ0) is 17.0. The van der Waals surface area contributed by atoms with E-state index < -0.39 is 0 Å². The molecule has 0 saturated heterocycles. The van der Waals surface area contributed by atoms with Crippen LogP contribution < -0.4 is 0 Å². The molecule has 0 heterocycles. The summed E-state index contributed by atoms with van der Waals surface area (Å²) in [7, 11) is 1.74. The highest BCUT2D eigenvalue weighted by Crippen LogP contribution is 2.27. The van der Waals surface area contributed by atoms with Crippen molar-refractivity contribution in [1.82, 2.24) is 0 Å². The van der Waals surface area contributed by atoms with Gasteiger partial charge in [0.25, 0.3) is 0 Å². The summed E-state index contributed by atoms with van der Waals surface area (Å²) in [6, 6.07) is 0. The first-order valence-corrected chi connectivity index (χ1v) is 10.3. The molecule has 0 aliphatic rings. The van der Waals surface area contributed by atoms with Gasteiger partial charge in [0.05, 0.1) is 0 Å². The van der Waals surface area contributed by atoms with Gasteiger partial charge in [-0.2, -0.15) is 0 Å². The second kappa shape index (κ2) is 13.8. The number of carbonyl (C=O) groups excluding carboxylic acids is 1. The number of ether oxygens (including phenoxy) is 1. The van der Waals surface area contributed by atoms with Crippen molar-refractivity contribution in [2.75, 3.05) is 13.7 Å². The summed E-state index contributed by atoms with van der Waals surface area (Å²) in [5.74, 6) is 2.25. The molecular weight excluding hydrogens is 387 g/mol. The Labute approximate surface area is 152 Å². The first-order chi connectivity index (χ1) is 10.4. The van der Waals surface area contributed by atoms with Crippen LogP contribution in [0.2, 0.25) is 0 Å². The van der Waals surface area contributed by atoms with Crippen LogP contribution in [-0.4, -0.2) is 23.4 Å². The highest BCUT2D eigenvalue weighted by atomic mass is 127. The lowest BCUT2D eigenvalue weighted by atomic mass is 9.90. The Hall–Kier alpha value is 0.360. The van der Waals surface area contributed by atoms with Gasteiger partial charge in [0.1, 0.15) is 5.78 Å². The van der Waals surface area contributed by atoms with Gasteiger partial charge in [0.2, 0.25) is 0 Å². The van der Waals surface area contributed by atoms with E-state index in [1.165, 1.54) is 25.7 Å². The van der Waals surface area contributed by atoms with E-state index >= 15 is 0 Å². The van der Waals surface area contributed by atoms with Gasteiger partial charge in [0, 0.05) is 30.5 Å². The maximum atomic E-state index is 12.2. The Morgan fingerprint density at radius 1 is 1.18 bits per heavy atom. The van der Waals surface area contributed by atoms with Crippen LogP contribution in [-0.2, 0) is 9.53 Å². The fourth-order valence-electron chi connectivity index (χ4n) is 2.88. The Morgan fingerprint density at radius 2 is 1.86 bits per heavy atom. The smallest absolute Gasteiger partial charge is 0.133 e. The van der Waals surface area contributed by atoms with Gasteiger partial charge in [-0.1, -0.05) is 76.0 Å². The maximum Gasteiger partial charge on any atom is 0.133 e. The standard InChI is InChI=1S/C19H37IO2/c1-6-8-9-15(3)12-19(20)16(4)13-18(21)11-10-17(7-2)14-22-5/h15-17,19H,6-14H2,1-5H3. The molecule has 0 rings (SSSR count). The number of Topliss-reactive ketones (excluding diaryl/α,β-unsaturated/α-hetero) is 1. The molecule has 0 saturated carbocycles. The summed E-state index contributed by atoms with van der Waals surface area (Å²) in [5.41, 5.74) is 0. The Morgan fingerprint density at radius 3 is 2.41 bits per heavy atom. The minimum atomic E-state index is 0.435. The van der Waals surface area contributed by atoms with Gasteiger partial charge in [-0.15, -0.1) is 0 Å². The fraction of sp³-hybridized carbons (Fsp3) is 0.947. The Balaban J connectivity index is 4.01. The molecule has 0 aromatic heterocycles. The summed E-state index contributed by atoms with van der Waals surface area (Å²) in [4.78, 5) is 12.2. The summed E-state index contributed by atoms with van der Waals surface area (Å²) < 4.78 is 5.83. The molecule has 2 nitrogen and oxygen atoms in total. The third kappa shape index (κ3) is 11.0. The number of ketones is 1. The van der Waals surface area contributed by atoms with Crippen LogP contribution in [0.1, 0.15) is 79.1 Å². The van der Waals surface area contributed by atoms with Gasteiger partial charge >= 0.3 is 0 Å². The lowest BCUT2D eigenvalue weighted by Gasteiger charge is -2.22. The maximum absolute atomic E-state index is 12.2. The number of hydrogen-bond donors (Lipinski definition) is 0. The van der Waals surface area contributed by atoms with Crippen molar-refractivity contribution in [1.29, 1.82) is 0 Å². The highest BCUT2D eigenvalue weighted by Gasteiger charge is 2.20. The van der Waals surface area contributed by atoms with Crippen LogP contribution in [0.3, 0.4) is 0 Å². The minimum absolute atomic E-state index is 0.435. The van der Waals surface area contributed by atoms with Gasteiger partial charge in [-0.3, -0.25) is 4.79 Å². The van der Waals surface area contributed by atoms with Crippen LogP contribution in [0.5, 0.6) is 0 Å². The topological polar surface area (TPSA) is 26.3 Å². The normalized spacial score (nSPS) is 17.0. The van der Waals surface area contributed by atoms with Gasteiger partial charge in [0.15, 0.2) is 0 Å². The van der Waals surface area contributed by atoms with Gasteiger partial charge in [-0.25, -0.2) is 0 Å². The molecule has 22 heavy (non-hydrogen) atoms. The number of hydrogen-bond acceptors (Lipinski definition) is 2. The summed E-state index contributed by atoms with van der Waals surface area (Å²) in [6.45, 7) is 9.81. The van der Waals surface area contributed by atoms with E-state index in [2.05, 4.69) is 50.3 Å². The molecule has 4 unspecified atom stereocenters. The first-order valence-electron chi connectivity index (χ1n) is 9.09. The fourth-order valence-corrected chi connectivity index (χ4v) is 4.00. The zero-order valence-electron chi connectivity index (χ0n) is 15.4. The molecule has 0 aliphatic carbocycles. The average molecular weight is 424 g/mol. The number of unbranched alkanes of at least 4 members (excludes halogenated alkanes) is 1. The molecule has 3 heteroatoms. The molecule has 0 amide bonds. The monoisotopic (exact) mass is 424 g/mol. The molecule has 0 aliphatic heterocycles. The van der Waals surface area contributed by atoms with E-state index in [-0.39, 0.29) is 0 Å². The van der Waals surface area contributed by atoms with Gasteiger partial charge in [-0.05, 0) is 30.6 Å². The van der Waals surface area contributed by atoms with Crippen molar-refractivity contribution in [3.63, 3.8) is 0 Å². The van der Waals surface area contributed by atoms with Crippen molar-refractivity contribution >= 4 is 28.4 Å². The molecule has 4 atom stereocenters.